The zero-order chi connectivity index (χ0) is 16.7. The zero-order valence-electron chi connectivity index (χ0n) is 13.1. The van der Waals surface area contributed by atoms with Gasteiger partial charge in [0, 0.05) is 19.6 Å². The van der Waals surface area contributed by atoms with Crippen molar-refractivity contribution < 1.29 is 9.72 Å². The molecule has 1 amide bonds. The molecule has 2 N–H and O–H groups in total. The van der Waals surface area contributed by atoms with Crippen molar-refractivity contribution >= 4 is 24.1 Å². The van der Waals surface area contributed by atoms with E-state index in [0.29, 0.717) is 19.6 Å². The molecule has 0 radical (unpaired) electrons. The van der Waals surface area contributed by atoms with Gasteiger partial charge in [-0.15, -0.1) is 12.4 Å². The maximum absolute atomic E-state index is 12.3. The number of nitrogens with zero attached hydrogens (tertiary/aromatic N) is 4. The molecule has 8 nitrogen and oxygen atoms in total. The molecule has 130 valence electrons. The Morgan fingerprint density at radius 2 is 1.96 bits per heavy atom. The number of amides is 1. The fourth-order valence-electron chi connectivity index (χ4n) is 2.20. The largest absolute Gasteiger partial charge is 0.389 e. The molecule has 1 aromatic carbocycles. The molecule has 2 aromatic rings. The van der Waals surface area contributed by atoms with Crippen molar-refractivity contribution in [3.63, 3.8) is 0 Å². The first-order chi connectivity index (χ1) is 11.1. The highest BCUT2D eigenvalue weighted by atomic mass is 35.5. The Bertz CT molecular complexity index is 662. The summed E-state index contributed by atoms with van der Waals surface area (Å²) in [5.74, 6) is -0.433. The summed E-state index contributed by atoms with van der Waals surface area (Å²) in [5.41, 5.74) is 6.70. The summed E-state index contributed by atoms with van der Waals surface area (Å²) < 4.78 is 1.27. The van der Waals surface area contributed by atoms with Crippen molar-refractivity contribution in [2.24, 2.45) is 5.73 Å². The smallest absolute Gasteiger partial charge is 0.358 e. The Labute approximate surface area is 145 Å². The lowest BCUT2D eigenvalue weighted by Gasteiger charge is -2.21. The molecular weight excluding hydrogens is 334 g/mol. The van der Waals surface area contributed by atoms with Crippen LogP contribution in [0, 0.1) is 10.1 Å². The van der Waals surface area contributed by atoms with E-state index >= 15 is 0 Å². The average Bonchev–Trinajstić information content (AvgIpc) is 3.01. The highest BCUT2D eigenvalue weighted by Crippen LogP contribution is 2.06. The second-order valence-corrected chi connectivity index (χ2v) is 5.03. The number of hydrogen-bond acceptors (Lipinski definition) is 5. The van der Waals surface area contributed by atoms with Gasteiger partial charge in [-0.1, -0.05) is 30.3 Å². The molecule has 0 aliphatic carbocycles. The summed E-state index contributed by atoms with van der Waals surface area (Å²) in [7, 11) is 0. The van der Waals surface area contributed by atoms with Crippen LogP contribution in [0.4, 0.5) is 5.82 Å². The molecule has 0 saturated heterocycles. The van der Waals surface area contributed by atoms with Crippen LogP contribution in [0.25, 0.3) is 0 Å². The normalized spacial score (nSPS) is 10.0. The lowest BCUT2D eigenvalue weighted by atomic mass is 10.1. The molecule has 24 heavy (non-hydrogen) atoms. The topological polar surface area (TPSA) is 107 Å². The van der Waals surface area contributed by atoms with E-state index < -0.39 is 4.92 Å². The molecule has 0 spiro atoms. The molecule has 1 aromatic heterocycles. The minimum absolute atomic E-state index is 0. The number of carbonyl (C=O) groups excluding carboxylic acids is 1. The van der Waals surface area contributed by atoms with E-state index in [0.717, 1.165) is 12.0 Å². The third kappa shape index (κ3) is 5.64. The van der Waals surface area contributed by atoms with Gasteiger partial charge in [0.15, 0.2) is 0 Å². The molecular formula is C15H20ClN5O3. The number of nitrogens with two attached hydrogens (primary N) is 1. The summed E-state index contributed by atoms with van der Waals surface area (Å²) in [6.45, 7) is 1.31. The standard InChI is InChI=1S/C15H19N5O3.ClH/c16-8-11-18(9-6-13-4-2-1-3-5-13)15(21)12-19-10-7-14(17-19)20(22)23;/h1-5,7,10H,6,8-9,11-12,16H2;1H. The Morgan fingerprint density at radius 3 is 2.54 bits per heavy atom. The van der Waals surface area contributed by atoms with E-state index in [1.165, 1.54) is 16.9 Å². The lowest BCUT2D eigenvalue weighted by Crippen LogP contribution is -2.39. The van der Waals surface area contributed by atoms with Crippen LogP contribution < -0.4 is 5.73 Å². The Morgan fingerprint density at radius 1 is 1.25 bits per heavy atom. The second kappa shape index (κ2) is 9.64. The van der Waals surface area contributed by atoms with Crippen LogP contribution in [0.15, 0.2) is 42.6 Å². The van der Waals surface area contributed by atoms with Gasteiger partial charge in [0.1, 0.15) is 6.54 Å². The second-order valence-electron chi connectivity index (χ2n) is 5.03. The fraction of sp³-hybridized carbons (Fsp3) is 0.333. The molecule has 0 bridgehead atoms. The summed E-state index contributed by atoms with van der Waals surface area (Å²) in [4.78, 5) is 24.0. The first kappa shape index (κ1) is 19.6. The maximum Gasteiger partial charge on any atom is 0.389 e. The van der Waals surface area contributed by atoms with E-state index in [1.54, 1.807) is 4.90 Å². The Kier molecular flexibility index (Phi) is 7.87. The van der Waals surface area contributed by atoms with Gasteiger partial charge in [-0.25, -0.2) is 0 Å². The van der Waals surface area contributed by atoms with Crippen molar-refractivity contribution in [1.82, 2.24) is 14.7 Å². The monoisotopic (exact) mass is 353 g/mol. The van der Waals surface area contributed by atoms with E-state index in [4.69, 9.17) is 5.73 Å². The lowest BCUT2D eigenvalue weighted by molar-refractivity contribution is -0.389. The predicted molar refractivity (Wildman–Crippen MR) is 91.9 cm³/mol. The number of benzene rings is 1. The summed E-state index contributed by atoms with van der Waals surface area (Å²) >= 11 is 0. The van der Waals surface area contributed by atoms with Gasteiger partial charge in [-0.05, 0) is 16.9 Å². The molecule has 9 heteroatoms. The highest BCUT2D eigenvalue weighted by Gasteiger charge is 2.17. The van der Waals surface area contributed by atoms with Crippen molar-refractivity contribution in [2.45, 2.75) is 13.0 Å². The van der Waals surface area contributed by atoms with Gasteiger partial charge in [0.2, 0.25) is 5.91 Å². The number of aromatic nitrogens is 2. The zero-order valence-corrected chi connectivity index (χ0v) is 13.9. The van der Waals surface area contributed by atoms with Crippen LogP contribution in [0.1, 0.15) is 5.56 Å². The quantitative estimate of drug-likeness (QED) is 0.567. The van der Waals surface area contributed by atoms with Gasteiger partial charge < -0.3 is 20.7 Å². The van der Waals surface area contributed by atoms with Crippen LogP contribution in [0.5, 0.6) is 0 Å². The predicted octanol–water partition coefficient (Wildman–Crippen LogP) is 1.24. The van der Waals surface area contributed by atoms with Crippen LogP contribution >= 0.6 is 12.4 Å². The van der Waals surface area contributed by atoms with Crippen molar-refractivity contribution in [1.29, 1.82) is 0 Å². The maximum atomic E-state index is 12.3. The van der Waals surface area contributed by atoms with Crippen molar-refractivity contribution in [2.75, 3.05) is 19.6 Å². The number of hydrogen-bond donors (Lipinski definition) is 1. The first-order valence-corrected chi connectivity index (χ1v) is 7.30. The number of rotatable bonds is 8. The SMILES string of the molecule is Cl.NCCN(CCc1ccccc1)C(=O)Cn1ccc([N+](=O)[O-])n1. The third-order valence-corrected chi connectivity index (χ3v) is 3.38. The van der Waals surface area contributed by atoms with Gasteiger partial charge >= 0.3 is 5.82 Å². The molecule has 0 aliphatic rings. The molecule has 0 fully saturated rings. The van der Waals surface area contributed by atoms with E-state index in [9.17, 15) is 14.9 Å². The van der Waals surface area contributed by atoms with E-state index in [2.05, 4.69) is 5.10 Å². The summed E-state index contributed by atoms with van der Waals surface area (Å²) in [5, 5.41) is 14.4. The van der Waals surface area contributed by atoms with Crippen molar-refractivity contribution in [3.05, 3.63) is 58.3 Å². The van der Waals surface area contributed by atoms with Gasteiger partial charge in [-0.2, -0.15) is 4.68 Å². The molecule has 1 heterocycles. The van der Waals surface area contributed by atoms with Gasteiger partial charge in [0.25, 0.3) is 0 Å². The molecule has 0 aliphatic heterocycles. The van der Waals surface area contributed by atoms with Crippen LogP contribution in [-0.2, 0) is 17.8 Å². The number of carbonyl (C=O) groups is 1. The van der Waals surface area contributed by atoms with Crippen LogP contribution in [0.3, 0.4) is 0 Å². The highest BCUT2D eigenvalue weighted by molar-refractivity contribution is 5.85. The Balaban J connectivity index is 0.00000288. The van der Waals surface area contributed by atoms with E-state index in [-0.39, 0.29) is 30.7 Å². The molecule has 0 saturated carbocycles. The molecule has 2 rings (SSSR count). The molecule has 0 atom stereocenters. The third-order valence-electron chi connectivity index (χ3n) is 3.38. The minimum atomic E-state index is -0.589. The number of halogens is 1. The van der Waals surface area contributed by atoms with Crippen molar-refractivity contribution in [3.8, 4) is 0 Å². The summed E-state index contributed by atoms with van der Waals surface area (Å²) in [6.07, 6.45) is 2.15. The average molecular weight is 354 g/mol. The summed E-state index contributed by atoms with van der Waals surface area (Å²) in [6, 6.07) is 11.1. The molecule has 0 unspecified atom stereocenters. The van der Waals surface area contributed by atoms with Crippen LogP contribution in [-0.4, -0.2) is 45.1 Å². The van der Waals surface area contributed by atoms with Gasteiger partial charge in [0.05, 0.1) is 17.4 Å². The first-order valence-electron chi connectivity index (χ1n) is 7.30. The number of nitro groups is 1. The van der Waals surface area contributed by atoms with Gasteiger partial charge in [-0.3, -0.25) is 4.79 Å². The van der Waals surface area contributed by atoms with Crippen LogP contribution in [0.2, 0.25) is 0 Å². The Hall–Kier alpha value is -2.45. The van der Waals surface area contributed by atoms with E-state index in [1.807, 2.05) is 30.3 Å². The minimum Gasteiger partial charge on any atom is -0.358 e. The fourth-order valence-corrected chi connectivity index (χ4v) is 2.20.